The van der Waals surface area contributed by atoms with E-state index >= 15 is 0 Å². The number of halogens is 1. The lowest BCUT2D eigenvalue weighted by molar-refractivity contribution is -0.141. The van der Waals surface area contributed by atoms with E-state index in [2.05, 4.69) is 40.3 Å². The summed E-state index contributed by atoms with van der Waals surface area (Å²) in [6, 6.07) is 8.14. The minimum Gasteiger partial charge on any atom is -0.341 e. The summed E-state index contributed by atoms with van der Waals surface area (Å²) in [5, 5.41) is 3.31. The molecule has 0 spiro atoms. The van der Waals surface area contributed by atoms with Gasteiger partial charge in [-0.05, 0) is 43.6 Å². The van der Waals surface area contributed by atoms with E-state index < -0.39 is 0 Å². The number of carbonyl (C=O) groups excluding carboxylic acids is 1. The molecule has 4 heteroatoms. The summed E-state index contributed by atoms with van der Waals surface area (Å²) in [6.45, 7) is 4.64. The van der Waals surface area contributed by atoms with Crippen LogP contribution in [-0.4, -0.2) is 30.9 Å². The predicted molar refractivity (Wildman–Crippen MR) is 80.8 cm³/mol. The number of hydrogen-bond donors (Lipinski definition) is 1. The van der Waals surface area contributed by atoms with Crippen LogP contribution in [0.15, 0.2) is 28.7 Å². The quantitative estimate of drug-likeness (QED) is 0.927. The molecule has 1 heterocycles. The molecular weight excluding hydrogens is 304 g/mol. The Hall–Kier alpha value is -0.870. The van der Waals surface area contributed by atoms with Crippen molar-refractivity contribution in [1.29, 1.82) is 0 Å². The minimum absolute atomic E-state index is 0.199. The fourth-order valence-electron chi connectivity index (χ4n) is 2.59. The van der Waals surface area contributed by atoms with Gasteiger partial charge in [-0.1, -0.05) is 35.0 Å². The third-order valence-electron chi connectivity index (χ3n) is 3.90. The Morgan fingerprint density at radius 2 is 1.89 bits per heavy atom. The SMILES string of the molecule is CN(Cc1ccc(Br)cc1)C(=O)C1(C)CCNCC1. The van der Waals surface area contributed by atoms with Crippen LogP contribution in [0.1, 0.15) is 25.3 Å². The third kappa shape index (κ3) is 3.57. The van der Waals surface area contributed by atoms with E-state index in [0.29, 0.717) is 6.54 Å². The molecule has 1 aliphatic heterocycles. The second kappa shape index (κ2) is 6.06. The van der Waals surface area contributed by atoms with Crippen molar-refractivity contribution >= 4 is 21.8 Å². The minimum atomic E-state index is -0.199. The molecular formula is C15H21BrN2O. The van der Waals surface area contributed by atoms with Crippen molar-refractivity contribution in [3.05, 3.63) is 34.3 Å². The van der Waals surface area contributed by atoms with Gasteiger partial charge in [0.1, 0.15) is 0 Å². The zero-order valence-electron chi connectivity index (χ0n) is 11.6. The lowest BCUT2D eigenvalue weighted by atomic mass is 9.79. The van der Waals surface area contributed by atoms with E-state index in [4.69, 9.17) is 0 Å². The Bertz CT molecular complexity index is 438. The van der Waals surface area contributed by atoms with Gasteiger partial charge in [-0.25, -0.2) is 0 Å². The molecule has 1 aromatic carbocycles. The predicted octanol–water partition coefficient (Wildman–Crippen LogP) is 2.80. The Balaban J connectivity index is 2.00. The molecule has 1 aliphatic rings. The average molecular weight is 325 g/mol. The van der Waals surface area contributed by atoms with Crippen LogP contribution < -0.4 is 5.32 Å². The summed E-state index contributed by atoms with van der Waals surface area (Å²) in [4.78, 5) is 14.4. The van der Waals surface area contributed by atoms with Gasteiger partial charge in [0.05, 0.1) is 0 Å². The van der Waals surface area contributed by atoms with Gasteiger partial charge in [0, 0.05) is 23.5 Å². The molecule has 2 rings (SSSR count). The second-order valence-electron chi connectivity index (χ2n) is 5.60. The normalized spacial score (nSPS) is 18.1. The van der Waals surface area contributed by atoms with Crippen molar-refractivity contribution in [1.82, 2.24) is 10.2 Å². The summed E-state index contributed by atoms with van der Waals surface area (Å²) in [5.74, 6) is 0.261. The summed E-state index contributed by atoms with van der Waals surface area (Å²) in [5.41, 5.74) is 0.964. The number of hydrogen-bond acceptors (Lipinski definition) is 2. The van der Waals surface area contributed by atoms with Crippen molar-refractivity contribution in [2.24, 2.45) is 5.41 Å². The van der Waals surface area contributed by atoms with Crippen LogP contribution in [0.5, 0.6) is 0 Å². The van der Waals surface area contributed by atoms with E-state index in [-0.39, 0.29) is 11.3 Å². The number of nitrogens with zero attached hydrogens (tertiary/aromatic N) is 1. The summed E-state index contributed by atoms with van der Waals surface area (Å²) in [6.07, 6.45) is 1.85. The maximum atomic E-state index is 12.6. The maximum absolute atomic E-state index is 12.6. The first-order chi connectivity index (χ1) is 9.01. The lowest BCUT2D eigenvalue weighted by Gasteiger charge is -2.36. The molecule has 0 saturated carbocycles. The first-order valence-electron chi connectivity index (χ1n) is 6.72. The number of rotatable bonds is 3. The average Bonchev–Trinajstić information content (AvgIpc) is 2.41. The number of carbonyl (C=O) groups is 1. The Kier molecular flexibility index (Phi) is 4.63. The number of amides is 1. The number of piperidine rings is 1. The molecule has 1 aromatic rings. The van der Waals surface area contributed by atoms with Crippen molar-refractivity contribution in [2.45, 2.75) is 26.3 Å². The molecule has 0 radical (unpaired) electrons. The summed E-state index contributed by atoms with van der Waals surface area (Å²) in [7, 11) is 1.90. The van der Waals surface area contributed by atoms with E-state index in [1.54, 1.807) is 0 Å². The molecule has 1 amide bonds. The highest BCUT2D eigenvalue weighted by Crippen LogP contribution is 2.30. The molecule has 1 N–H and O–H groups in total. The van der Waals surface area contributed by atoms with Crippen LogP contribution in [-0.2, 0) is 11.3 Å². The van der Waals surface area contributed by atoms with Crippen molar-refractivity contribution in [3.8, 4) is 0 Å². The Labute approximate surface area is 123 Å². The topological polar surface area (TPSA) is 32.3 Å². The monoisotopic (exact) mass is 324 g/mol. The standard InChI is InChI=1S/C15H21BrN2O/c1-15(7-9-17-10-8-15)14(19)18(2)11-12-3-5-13(16)6-4-12/h3-6,17H,7-11H2,1-2H3. The van der Waals surface area contributed by atoms with Gasteiger partial charge in [-0.15, -0.1) is 0 Å². The molecule has 19 heavy (non-hydrogen) atoms. The highest BCUT2D eigenvalue weighted by Gasteiger charge is 2.36. The lowest BCUT2D eigenvalue weighted by Crippen LogP contribution is -2.46. The van der Waals surface area contributed by atoms with E-state index in [9.17, 15) is 4.79 Å². The third-order valence-corrected chi connectivity index (χ3v) is 4.43. The molecule has 104 valence electrons. The molecule has 1 fully saturated rings. The maximum Gasteiger partial charge on any atom is 0.228 e. The van der Waals surface area contributed by atoms with E-state index in [1.165, 1.54) is 0 Å². The van der Waals surface area contributed by atoms with E-state index in [0.717, 1.165) is 36.0 Å². The Morgan fingerprint density at radius 3 is 2.47 bits per heavy atom. The zero-order valence-corrected chi connectivity index (χ0v) is 13.2. The highest BCUT2D eigenvalue weighted by molar-refractivity contribution is 9.10. The number of nitrogens with one attached hydrogen (secondary N) is 1. The largest absolute Gasteiger partial charge is 0.341 e. The molecule has 0 bridgehead atoms. The summed E-state index contributed by atoms with van der Waals surface area (Å²) < 4.78 is 1.07. The zero-order chi connectivity index (χ0) is 13.9. The van der Waals surface area contributed by atoms with Crippen LogP contribution in [0.3, 0.4) is 0 Å². The molecule has 0 unspecified atom stereocenters. The highest BCUT2D eigenvalue weighted by atomic mass is 79.9. The van der Waals surface area contributed by atoms with Gasteiger partial charge in [0.25, 0.3) is 0 Å². The first-order valence-corrected chi connectivity index (χ1v) is 7.51. The van der Waals surface area contributed by atoms with E-state index in [1.807, 2.05) is 24.1 Å². The van der Waals surface area contributed by atoms with Gasteiger partial charge in [-0.2, -0.15) is 0 Å². The molecule has 1 saturated heterocycles. The van der Waals surface area contributed by atoms with Crippen LogP contribution in [0.4, 0.5) is 0 Å². The van der Waals surface area contributed by atoms with Gasteiger partial charge in [0.15, 0.2) is 0 Å². The van der Waals surface area contributed by atoms with Crippen molar-refractivity contribution in [3.63, 3.8) is 0 Å². The van der Waals surface area contributed by atoms with Crippen LogP contribution >= 0.6 is 15.9 Å². The van der Waals surface area contributed by atoms with Gasteiger partial charge in [-0.3, -0.25) is 4.79 Å². The Morgan fingerprint density at radius 1 is 1.32 bits per heavy atom. The second-order valence-corrected chi connectivity index (χ2v) is 6.51. The van der Waals surface area contributed by atoms with Gasteiger partial charge < -0.3 is 10.2 Å². The van der Waals surface area contributed by atoms with Crippen LogP contribution in [0, 0.1) is 5.41 Å². The van der Waals surface area contributed by atoms with Crippen LogP contribution in [0.25, 0.3) is 0 Å². The molecule has 0 atom stereocenters. The molecule has 3 nitrogen and oxygen atoms in total. The fourth-order valence-corrected chi connectivity index (χ4v) is 2.85. The molecule has 0 aromatic heterocycles. The van der Waals surface area contributed by atoms with Crippen LogP contribution in [0.2, 0.25) is 0 Å². The van der Waals surface area contributed by atoms with Crippen molar-refractivity contribution < 1.29 is 4.79 Å². The first kappa shape index (κ1) is 14.5. The van der Waals surface area contributed by atoms with Gasteiger partial charge in [0.2, 0.25) is 5.91 Å². The number of benzene rings is 1. The fraction of sp³-hybridized carbons (Fsp3) is 0.533. The molecule has 0 aliphatic carbocycles. The van der Waals surface area contributed by atoms with Crippen molar-refractivity contribution in [2.75, 3.05) is 20.1 Å². The summed E-state index contributed by atoms with van der Waals surface area (Å²) >= 11 is 3.42. The smallest absolute Gasteiger partial charge is 0.228 e. The van der Waals surface area contributed by atoms with Gasteiger partial charge >= 0.3 is 0 Å².